The monoisotopic (exact) mass is 384 g/mol. The van der Waals surface area contributed by atoms with E-state index in [1.54, 1.807) is 13.8 Å². The highest BCUT2D eigenvalue weighted by Gasteiger charge is 2.46. The summed E-state index contributed by atoms with van der Waals surface area (Å²) in [5, 5.41) is 3.99. The van der Waals surface area contributed by atoms with Crippen molar-refractivity contribution >= 4 is 33.0 Å². The van der Waals surface area contributed by atoms with E-state index >= 15 is 0 Å². The summed E-state index contributed by atoms with van der Waals surface area (Å²) < 4.78 is 61.9. The Morgan fingerprint density at radius 3 is 2.54 bits per heavy atom. The second-order valence-corrected chi connectivity index (χ2v) is 6.99. The zero-order valence-corrected chi connectivity index (χ0v) is 14.5. The van der Waals surface area contributed by atoms with Crippen LogP contribution in [0.25, 0.3) is 0 Å². The molecule has 5 nitrogen and oxygen atoms in total. The molecule has 0 spiro atoms. The average Bonchev–Trinajstić information content (AvgIpc) is 2.44. The Labute approximate surface area is 143 Å². The minimum atomic E-state index is -5.54. The molecule has 0 aliphatic rings. The van der Waals surface area contributed by atoms with Gasteiger partial charge in [-0.15, -0.1) is 0 Å². The first-order chi connectivity index (χ1) is 11.0. The number of rotatable bonds is 7. The van der Waals surface area contributed by atoms with Gasteiger partial charge in [0.1, 0.15) is 0 Å². The number of benzene rings is 1. The third-order valence-corrected chi connectivity index (χ3v) is 3.97. The number of nitrogens with one attached hydrogen (secondary N) is 1. The Hall–Kier alpha value is -1.74. The second-order valence-electron chi connectivity index (χ2n) is 4.78. The zero-order valence-electron chi connectivity index (χ0n) is 12.9. The van der Waals surface area contributed by atoms with Crippen LogP contribution >= 0.6 is 11.6 Å². The van der Waals surface area contributed by atoms with Crippen molar-refractivity contribution in [2.45, 2.75) is 25.8 Å². The van der Waals surface area contributed by atoms with Gasteiger partial charge < -0.3 is 4.84 Å². The molecule has 0 amide bonds. The molecule has 0 bridgehead atoms. The Morgan fingerprint density at radius 1 is 1.42 bits per heavy atom. The van der Waals surface area contributed by atoms with Crippen LogP contribution in [0.4, 0.5) is 18.9 Å². The van der Waals surface area contributed by atoms with Crippen LogP contribution in [-0.4, -0.2) is 26.2 Å². The highest BCUT2D eigenvalue weighted by molar-refractivity contribution is 7.93. The second kappa shape index (κ2) is 7.89. The molecule has 0 aliphatic heterocycles. The van der Waals surface area contributed by atoms with Gasteiger partial charge >= 0.3 is 15.5 Å². The highest BCUT2D eigenvalue weighted by atomic mass is 35.5. The SMILES string of the molecule is C=C(Cl)CO/N=C(\CC)c1cc(C)ccc1NS(=O)(=O)C(F)(F)F. The number of nitrogens with zero attached hydrogens (tertiary/aromatic N) is 1. The van der Waals surface area contributed by atoms with Gasteiger partial charge in [0, 0.05) is 5.56 Å². The standard InChI is InChI=1S/C14H16ClF3N2O3S/c1-4-12(19-23-8-10(3)15)11-7-9(2)5-6-13(11)20-24(21,22)14(16,17)18/h5-7,20H,3-4,8H2,1-2H3/b19-12+. The summed E-state index contributed by atoms with van der Waals surface area (Å²) in [4.78, 5) is 4.95. The minimum absolute atomic E-state index is 0.0829. The van der Waals surface area contributed by atoms with E-state index < -0.39 is 15.5 Å². The fourth-order valence-corrected chi connectivity index (χ4v) is 2.30. The van der Waals surface area contributed by atoms with Crippen LogP contribution in [0.15, 0.2) is 35.0 Å². The molecule has 0 aromatic heterocycles. The van der Waals surface area contributed by atoms with Crippen molar-refractivity contribution in [3.63, 3.8) is 0 Å². The van der Waals surface area contributed by atoms with Gasteiger partial charge in [-0.05, 0) is 25.5 Å². The first-order valence-electron chi connectivity index (χ1n) is 6.70. The Morgan fingerprint density at radius 2 is 2.04 bits per heavy atom. The van der Waals surface area contributed by atoms with Gasteiger partial charge in [-0.25, -0.2) is 0 Å². The summed E-state index contributed by atoms with van der Waals surface area (Å²) in [7, 11) is -5.54. The van der Waals surface area contributed by atoms with Gasteiger partial charge in [0.2, 0.25) is 0 Å². The van der Waals surface area contributed by atoms with E-state index in [0.717, 1.165) is 0 Å². The molecule has 0 radical (unpaired) electrons. The summed E-state index contributed by atoms with van der Waals surface area (Å²) in [6, 6.07) is 4.22. The van der Waals surface area contributed by atoms with Crippen LogP contribution < -0.4 is 4.72 Å². The zero-order chi connectivity index (χ0) is 18.5. The fourth-order valence-electron chi connectivity index (χ4n) is 1.67. The molecule has 134 valence electrons. The van der Waals surface area contributed by atoms with E-state index in [1.165, 1.54) is 22.9 Å². The maximum absolute atomic E-state index is 12.6. The molecule has 10 heteroatoms. The molecular weight excluding hydrogens is 369 g/mol. The van der Waals surface area contributed by atoms with E-state index in [-0.39, 0.29) is 28.6 Å². The molecule has 0 unspecified atom stereocenters. The van der Waals surface area contributed by atoms with Gasteiger partial charge in [-0.3, -0.25) is 4.72 Å². The average molecular weight is 385 g/mol. The quantitative estimate of drug-likeness (QED) is 0.567. The number of alkyl halides is 3. The topological polar surface area (TPSA) is 67.8 Å². The number of hydrogen-bond acceptors (Lipinski definition) is 4. The molecule has 0 fully saturated rings. The lowest BCUT2D eigenvalue weighted by molar-refractivity contribution is -0.0429. The summed E-state index contributed by atoms with van der Waals surface area (Å²) in [6.07, 6.45) is 0.291. The van der Waals surface area contributed by atoms with E-state index in [1.807, 2.05) is 0 Å². The number of halogens is 4. The highest BCUT2D eigenvalue weighted by Crippen LogP contribution is 2.28. The maximum atomic E-state index is 12.6. The van der Waals surface area contributed by atoms with Crippen LogP contribution in [-0.2, 0) is 14.9 Å². The summed E-state index contributed by atoms with van der Waals surface area (Å²) in [6.45, 7) is 6.73. The van der Waals surface area contributed by atoms with Gasteiger partial charge in [-0.1, -0.05) is 41.9 Å². The smallest absolute Gasteiger partial charge is 0.390 e. The number of sulfonamides is 1. The van der Waals surface area contributed by atoms with E-state index in [9.17, 15) is 21.6 Å². The molecule has 0 saturated carbocycles. The summed E-state index contributed by atoms with van der Waals surface area (Å²) in [5.74, 6) is 0. The molecule has 0 atom stereocenters. The number of hydrogen-bond donors (Lipinski definition) is 1. The van der Waals surface area contributed by atoms with E-state index in [0.29, 0.717) is 12.0 Å². The first-order valence-corrected chi connectivity index (χ1v) is 8.56. The number of aryl methyl sites for hydroxylation is 1. The van der Waals surface area contributed by atoms with Gasteiger partial charge in [0.05, 0.1) is 16.4 Å². The van der Waals surface area contributed by atoms with Crippen LogP contribution in [0.3, 0.4) is 0 Å². The summed E-state index contributed by atoms with van der Waals surface area (Å²) in [5.41, 5.74) is -4.51. The van der Waals surface area contributed by atoms with Crippen molar-refractivity contribution in [3.8, 4) is 0 Å². The van der Waals surface area contributed by atoms with Gasteiger partial charge in [-0.2, -0.15) is 21.6 Å². The van der Waals surface area contributed by atoms with Crippen molar-refractivity contribution in [2.24, 2.45) is 5.16 Å². The normalized spacial score (nSPS) is 12.8. The predicted octanol–water partition coefficient (Wildman–Crippen LogP) is 4.14. The summed E-state index contributed by atoms with van der Waals surface area (Å²) >= 11 is 5.54. The van der Waals surface area contributed by atoms with E-state index in [4.69, 9.17) is 16.4 Å². The predicted molar refractivity (Wildman–Crippen MR) is 87.5 cm³/mol. The lowest BCUT2D eigenvalue weighted by atomic mass is 10.0. The van der Waals surface area contributed by atoms with Crippen LogP contribution in [0.5, 0.6) is 0 Å². The van der Waals surface area contributed by atoms with Crippen molar-refractivity contribution in [3.05, 3.63) is 40.9 Å². The van der Waals surface area contributed by atoms with Crippen molar-refractivity contribution in [2.75, 3.05) is 11.3 Å². The van der Waals surface area contributed by atoms with Crippen LogP contribution in [0, 0.1) is 6.92 Å². The molecule has 24 heavy (non-hydrogen) atoms. The molecular formula is C14H16ClF3N2O3S. The third-order valence-electron chi connectivity index (χ3n) is 2.77. The molecule has 0 heterocycles. The molecule has 0 aliphatic carbocycles. The van der Waals surface area contributed by atoms with E-state index in [2.05, 4.69) is 11.7 Å². The van der Waals surface area contributed by atoms with Crippen molar-refractivity contribution in [1.82, 2.24) is 0 Å². The fraction of sp³-hybridized carbons (Fsp3) is 0.357. The third kappa shape index (κ3) is 5.41. The van der Waals surface area contributed by atoms with Crippen LogP contribution in [0.1, 0.15) is 24.5 Å². The minimum Gasteiger partial charge on any atom is -0.390 e. The van der Waals surface area contributed by atoms with Crippen molar-refractivity contribution in [1.29, 1.82) is 0 Å². The molecule has 1 rings (SSSR count). The van der Waals surface area contributed by atoms with Gasteiger partial charge in [0.15, 0.2) is 6.61 Å². The van der Waals surface area contributed by atoms with Crippen molar-refractivity contribution < 1.29 is 26.4 Å². The number of anilines is 1. The lowest BCUT2D eigenvalue weighted by Crippen LogP contribution is -2.30. The van der Waals surface area contributed by atoms with Crippen LogP contribution in [0.2, 0.25) is 0 Å². The molecule has 0 saturated heterocycles. The number of oxime groups is 1. The lowest BCUT2D eigenvalue weighted by Gasteiger charge is -2.15. The maximum Gasteiger partial charge on any atom is 0.516 e. The molecule has 1 N–H and O–H groups in total. The largest absolute Gasteiger partial charge is 0.516 e. The molecule has 1 aromatic carbocycles. The molecule has 1 aromatic rings. The first kappa shape index (κ1) is 20.3. The Kier molecular flexibility index (Phi) is 6.67. The van der Waals surface area contributed by atoms with Gasteiger partial charge in [0.25, 0.3) is 0 Å². The Bertz CT molecular complexity index is 746. The Balaban J connectivity index is 3.27.